The van der Waals surface area contributed by atoms with E-state index < -0.39 is 0 Å². The summed E-state index contributed by atoms with van der Waals surface area (Å²) in [6, 6.07) is 4.70. The van der Waals surface area contributed by atoms with E-state index in [0.717, 1.165) is 10.2 Å². The summed E-state index contributed by atoms with van der Waals surface area (Å²) in [7, 11) is 0. The first-order valence-electron chi connectivity index (χ1n) is 6.39. The minimum Gasteiger partial charge on any atom is -0.338 e. The molecule has 0 saturated heterocycles. The maximum absolute atomic E-state index is 11.9. The predicted molar refractivity (Wildman–Crippen MR) is 82.2 cm³/mol. The Kier molecular flexibility index (Phi) is 4.32. The van der Waals surface area contributed by atoms with Crippen LogP contribution in [0.5, 0.6) is 0 Å². The minimum atomic E-state index is -0.355. The minimum absolute atomic E-state index is 0.0934. The monoisotopic (exact) mass is 353 g/mol. The summed E-state index contributed by atoms with van der Waals surface area (Å²) in [5.41, 5.74) is 0.340. The van der Waals surface area contributed by atoms with Crippen molar-refractivity contribution in [3.05, 3.63) is 44.9 Å². The van der Waals surface area contributed by atoms with Gasteiger partial charge >= 0.3 is 0 Å². The van der Waals surface area contributed by atoms with Gasteiger partial charge in [0.2, 0.25) is 11.8 Å². The highest BCUT2D eigenvalue weighted by Gasteiger charge is 2.19. The van der Waals surface area contributed by atoms with E-state index in [9.17, 15) is 9.59 Å². The van der Waals surface area contributed by atoms with Crippen LogP contribution in [0.15, 0.2) is 38.2 Å². The van der Waals surface area contributed by atoms with Crippen LogP contribution in [-0.4, -0.2) is 15.6 Å². The van der Waals surface area contributed by atoms with Crippen molar-refractivity contribution in [1.29, 1.82) is 0 Å². The van der Waals surface area contributed by atoms with Gasteiger partial charge in [-0.1, -0.05) is 25.9 Å². The molecule has 0 atom stereocenters. The second-order valence-electron chi connectivity index (χ2n) is 5.69. The summed E-state index contributed by atoms with van der Waals surface area (Å²) in [4.78, 5) is 23.6. The molecule has 0 spiro atoms. The molecule has 0 saturated carbocycles. The van der Waals surface area contributed by atoms with Crippen LogP contribution in [0.2, 0.25) is 0 Å². The van der Waals surface area contributed by atoms with Gasteiger partial charge in [-0.3, -0.25) is 14.9 Å². The van der Waals surface area contributed by atoms with Crippen LogP contribution in [0.1, 0.15) is 26.5 Å². The van der Waals surface area contributed by atoms with Gasteiger partial charge in [-0.15, -0.1) is 0 Å². The number of carbonyl (C=O) groups is 1. The lowest BCUT2D eigenvalue weighted by Gasteiger charge is -2.12. The molecule has 0 aliphatic heterocycles. The molecule has 6 nitrogen and oxygen atoms in total. The molecule has 0 bridgehead atoms. The van der Waals surface area contributed by atoms with E-state index in [4.69, 9.17) is 4.52 Å². The van der Waals surface area contributed by atoms with E-state index in [0.29, 0.717) is 0 Å². The molecule has 2 heterocycles. The zero-order chi connectivity index (χ0) is 15.6. The second kappa shape index (κ2) is 5.85. The quantitative estimate of drug-likeness (QED) is 0.919. The van der Waals surface area contributed by atoms with Crippen LogP contribution < -0.4 is 10.9 Å². The third kappa shape index (κ3) is 4.04. The van der Waals surface area contributed by atoms with Gasteiger partial charge in [0, 0.05) is 28.2 Å². The van der Waals surface area contributed by atoms with Gasteiger partial charge in [0.15, 0.2) is 0 Å². The highest BCUT2D eigenvalue weighted by Crippen LogP contribution is 2.23. The number of carbonyl (C=O) groups excluding carboxylic acids is 1. The van der Waals surface area contributed by atoms with Crippen molar-refractivity contribution in [2.45, 2.75) is 32.7 Å². The van der Waals surface area contributed by atoms with Crippen molar-refractivity contribution in [1.82, 2.24) is 9.72 Å². The Morgan fingerprint density at radius 1 is 1.43 bits per heavy atom. The molecule has 7 heteroatoms. The number of anilines is 1. The van der Waals surface area contributed by atoms with Gasteiger partial charge in [0.1, 0.15) is 6.54 Å². The van der Waals surface area contributed by atoms with E-state index in [2.05, 4.69) is 26.4 Å². The first-order valence-corrected chi connectivity index (χ1v) is 7.18. The Hall–Kier alpha value is -1.89. The average molecular weight is 354 g/mol. The Morgan fingerprint density at radius 3 is 2.76 bits per heavy atom. The predicted octanol–water partition coefficient (Wildman–Crippen LogP) is 2.54. The number of pyridine rings is 1. The zero-order valence-corrected chi connectivity index (χ0v) is 13.6. The highest BCUT2D eigenvalue weighted by molar-refractivity contribution is 9.10. The van der Waals surface area contributed by atoms with Crippen LogP contribution in [-0.2, 0) is 16.8 Å². The average Bonchev–Trinajstić information content (AvgIpc) is 2.82. The Balaban J connectivity index is 2.07. The van der Waals surface area contributed by atoms with Crippen molar-refractivity contribution >= 4 is 27.7 Å². The molecule has 0 aliphatic rings. The van der Waals surface area contributed by atoms with E-state index in [1.807, 2.05) is 20.8 Å². The van der Waals surface area contributed by atoms with E-state index >= 15 is 0 Å². The van der Waals surface area contributed by atoms with E-state index in [-0.39, 0.29) is 29.3 Å². The molecular weight excluding hydrogens is 338 g/mol. The Bertz CT molecular complexity index is 713. The van der Waals surface area contributed by atoms with Gasteiger partial charge in [0.05, 0.1) is 5.69 Å². The van der Waals surface area contributed by atoms with Gasteiger partial charge in [-0.25, -0.2) is 0 Å². The second-order valence-corrected chi connectivity index (χ2v) is 6.60. The molecule has 112 valence electrons. The molecule has 0 aliphatic carbocycles. The number of amides is 1. The van der Waals surface area contributed by atoms with Gasteiger partial charge in [-0.05, 0) is 22.0 Å². The molecule has 1 N–H and O–H groups in total. The summed E-state index contributed by atoms with van der Waals surface area (Å²) >= 11 is 3.26. The molecule has 2 aromatic rings. The molecule has 2 rings (SSSR count). The smallest absolute Gasteiger partial charge is 0.251 e. The molecule has 0 radical (unpaired) electrons. The summed E-state index contributed by atoms with van der Waals surface area (Å²) in [5, 5.41) is 6.50. The normalized spacial score (nSPS) is 11.4. The summed E-state index contributed by atoms with van der Waals surface area (Å²) in [5.74, 6) is -0.0835. The maximum atomic E-state index is 11.9. The Labute approximate surface area is 130 Å². The van der Waals surface area contributed by atoms with Crippen molar-refractivity contribution in [3.63, 3.8) is 0 Å². The molecule has 0 aromatic carbocycles. The molecule has 0 fully saturated rings. The van der Waals surface area contributed by atoms with Crippen molar-refractivity contribution < 1.29 is 9.32 Å². The van der Waals surface area contributed by atoms with E-state index in [1.54, 1.807) is 18.3 Å². The Morgan fingerprint density at radius 2 is 2.14 bits per heavy atom. The van der Waals surface area contributed by atoms with Crippen LogP contribution in [0.4, 0.5) is 5.88 Å². The van der Waals surface area contributed by atoms with Gasteiger partial charge in [0.25, 0.3) is 5.56 Å². The van der Waals surface area contributed by atoms with Crippen LogP contribution in [0.25, 0.3) is 0 Å². The third-order valence-electron chi connectivity index (χ3n) is 2.80. The summed E-state index contributed by atoms with van der Waals surface area (Å²) in [6.45, 7) is 5.90. The van der Waals surface area contributed by atoms with Crippen LogP contribution in [0.3, 0.4) is 0 Å². The lowest BCUT2D eigenvalue weighted by molar-refractivity contribution is -0.116. The van der Waals surface area contributed by atoms with Crippen LogP contribution in [0, 0.1) is 0 Å². The molecule has 0 unspecified atom stereocenters. The number of nitrogens with zero attached hydrogens (tertiary/aromatic N) is 2. The van der Waals surface area contributed by atoms with Gasteiger partial charge in [-0.2, -0.15) is 0 Å². The molecule has 1 amide bonds. The maximum Gasteiger partial charge on any atom is 0.251 e. The lowest BCUT2D eigenvalue weighted by atomic mass is 9.92. The lowest BCUT2D eigenvalue weighted by Crippen LogP contribution is -2.26. The number of hydrogen-bond donors (Lipinski definition) is 1. The summed E-state index contributed by atoms with van der Waals surface area (Å²) < 4.78 is 7.11. The number of halogens is 1. The summed E-state index contributed by atoms with van der Waals surface area (Å²) in [6.07, 6.45) is 1.56. The number of nitrogens with one attached hydrogen (secondary N) is 1. The van der Waals surface area contributed by atoms with Crippen molar-refractivity contribution in [3.8, 4) is 0 Å². The largest absolute Gasteiger partial charge is 0.338 e. The topological polar surface area (TPSA) is 77.1 Å². The number of hydrogen-bond acceptors (Lipinski definition) is 4. The SMILES string of the molecule is CC(C)(C)c1cc(NC(=O)Cn2cc(Br)ccc2=O)on1. The first-order chi connectivity index (χ1) is 9.75. The standard InChI is InChI=1S/C14H16BrN3O3/c1-14(2,3)10-6-12(21-17-10)16-11(19)8-18-7-9(15)4-5-13(18)20/h4-7H,8H2,1-3H3,(H,16,19). The van der Waals surface area contributed by atoms with Crippen molar-refractivity contribution in [2.24, 2.45) is 0 Å². The molecular formula is C14H16BrN3O3. The highest BCUT2D eigenvalue weighted by atomic mass is 79.9. The van der Waals surface area contributed by atoms with Gasteiger partial charge < -0.3 is 9.09 Å². The number of aromatic nitrogens is 2. The first kappa shape index (κ1) is 15.5. The fourth-order valence-corrected chi connectivity index (χ4v) is 2.02. The molecule has 21 heavy (non-hydrogen) atoms. The molecule has 2 aromatic heterocycles. The van der Waals surface area contributed by atoms with Crippen molar-refractivity contribution in [2.75, 3.05) is 5.32 Å². The third-order valence-corrected chi connectivity index (χ3v) is 3.27. The fourth-order valence-electron chi connectivity index (χ4n) is 1.64. The fraction of sp³-hybridized carbons (Fsp3) is 0.357. The number of rotatable bonds is 3. The zero-order valence-electron chi connectivity index (χ0n) is 12.0. The van der Waals surface area contributed by atoms with Crippen LogP contribution >= 0.6 is 15.9 Å². The van der Waals surface area contributed by atoms with E-state index in [1.165, 1.54) is 10.6 Å².